The molecule has 0 aliphatic heterocycles. The monoisotopic (exact) mass is 361 g/mol. The number of rotatable bonds is 6. The second-order valence-electron chi connectivity index (χ2n) is 6.07. The number of amides is 1. The molecule has 2 aromatic rings. The van der Waals surface area contributed by atoms with Gasteiger partial charge in [0.2, 0.25) is 10.0 Å². The number of carbonyl (C=O) groups excluding carboxylic acids is 1. The van der Waals surface area contributed by atoms with E-state index in [1.165, 1.54) is 12.1 Å². The second-order valence-corrected chi connectivity index (χ2v) is 7.63. The van der Waals surface area contributed by atoms with Crippen LogP contribution in [0.25, 0.3) is 0 Å². The molecule has 1 aromatic heterocycles. The van der Waals surface area contributed by atoms with Gasteiger partial charge in [-0.1, -0.05) is 13.0 Å². The lowest BCUT2D eigenvalue weighted by molar-refractivity contribution is 0.0670. The lowest BCUT2D eigenvalue weighted by atomic mass is 10.1. The summed E-state index contributed by atoms with van der Waals surface area (Å²) in [6.07, 6.45) is 4.15. The van der Waals surface area contributed by atoms with Crippen molar-refractivity contribution >= 4 is 15.9 Å². The van der Waals surface area contributed by atoms with Gasteiger partial charge < -0.3 is 4.90 Å². The number of pyridine rings is 1. The summed E-state index contributed by atoms with van der Waals surface area (Å²) in [7, 11) is -3.87. The van der Waals surface area contributed by atoms with E-state index in [1.54, 1.807) is 30.3 Å². The number of hydrogen-bond acceptors (Lipinski definition) is 4. The molecule has 1 atom stereocenters. The van der Waals surface area contributed by atoms with Crippen LogP contribution in [0.5, 0.6) is 0 Å². The fourth-order valence-electron chi connectivity index (χ4n) is 2.50. The van der Waals surface area contributed by atoms with Crippen LogP contribution in [-0.4, -0.2) is 30.3 Å². The first-order chi connectivity index (χ1) is 11.7. The maximum absolute atomic E-state index is 13.1. The van der Waals surface area contributed by atoms with Crippen LogP contribution in [0.1, 0.15) is 41.8 Å². The van der Waals surface area contributed by atoms with E-state index in [-0.39, 0.29) is 16.8 Å². The van der Waals surface area contributed by atoms with Crippen LogP contribution in [0.15, 0.2) is 47.6 Å². The average molecular weight is 361 g/mol. The van der Waals surface area contributed by atoms with Crippen LogP contribution in [0.3, 0.4) is 0 Å². The molecule has 0 unspecified atom stereocenters. The predicted octanol–water partition coefficient (Wildman–Crippen LogP) is 2.48. The molecule has 0 saturated carbocycles. The van der Waals surface area contributed by atoms with E-state index >= 15 is 0 Å². The lowest BCUT2D eigenvalue weighted by Crippen LogP contribution is -2.38. The zero-order valence-corrected chi connectivity index (χ0v) is 15.5. The summed E-state index contributed by atoms with van der Waals surface area (Å²) in [6.45, 7) is 6.18. The van der Waals surface area contributed by atoms with E-state index in [9.17, 15) is 13.2 Å². The maximum Gasteiger partial charge on any atom is 0.254 e. The van der Waals surface area contributed by atoms with Gasteiger partial charge in [0.15, 0.2) is 0 Å². The fourth-order valence-corrected chi connectivity index (χ4v) is 3.04. The van der Waals surface area contributed by atoms with E-state index in [0.717, 1.165) is 12.0 Å². The smallest absolute Gasteiger partial charge is 0.254 e. The Morgan fingerprint density at radius 3 is 2.44 bits per heavy atom. The normalized spacial score (nSPS) is 12.6. The van der Waals surface area contributed by atoms with E-state index in [0.29, 0.717) is 17.7 Å². The molecule has 7 heteroatoms. The van der Waals surface area contributed by atoms with Crippen molar-refractivity contribution in [2.75, 3.05) is 0 Å². The van der Waals surface area contributed by atoms with Crippen molar-refractivity contribution < 1.29 is 13.2 Å². The Morgan fingerprint density at radius 2 is 1.88 bits per heavy atom. The number of sulfonamides is 1. The van der Waals surface area contributed by atoms with E-state index in [1.807, 2.05) is 26.0 Å². The van der Waals surface area contributed by atoms with Crippen molar-refractivity contribution in [1.29, 1.82) is 0 Å². The molecule has 2 rings (SSSR count). The highest BCUT2D eigenvalue weighted by molar-refractivity contribution is 7.89. The molecule has 0 bridgehead atoms. The van der Waals surface area contributed by atoms with Crippen LogP contribution in [0.4, 0.5) is 0 Å². The van der Waals surface area contributed by atoms with Gasteiger partial charge >= 0.3 is 0 Å². The van der Waals surface area contributed by atoms with Gasteiger partial charge in [0.25, 0.3) is 5.91 Å². The quantitative estimate of drug-likeness (QED) is 0.855. The van der Waals surface area contributed by atoms with Crippen molar-refractivity contribution in [2.45, 2.75) is 44.7 Å². The molecule has 1 amide bonds. The molecule has 134 valence electrons. The highest BCUT2D eigenvalue weighted by Gasteiger charge is 2.23. The zero-order valence-electron chi connectivity index (χ0n) is 14.6. The van der Waals surface area contributed by atoms with E-state index in [2.05, 4.69) is 4.98 Å². The lowest BCUT2D eigenvalue weighted by Gasteiger charge is -2.29. The van der Waals surface area contributed by atoms with Crippen LogP contribution >= 0.6 is 0 Å². The van der Waals surface area contributed by atoms with Gasteiger partial charge in [-0.2, -0.15) is 0 Å². The number of nitrogens with zero attached hydrogens (tertiary/aromatic N) is 2. The van der Waals surface area contributed by atoms with E-state index in [4.69, 9.17) is 5.14 Å². The highest BCUT2D eigenvalue weighted by atomic mass is 32.2. The first-order valence-corrected chi connectivity index (χ1v) is 9.62. The molecule has 0 spiro atoms. The molecule has 0 aliphatic rings. The number of aryl methyl sites for hydroxylation is 1. The molecule has 6 nitrogen and oxygen atoms in total. The molecule has 0 radical (unpaired) electrons. The molecular formula is C18H23N3O3S. The SMILES string of the molecule is CC[C@H](C)N(Cc1ccncc1)C(=O)c1cc(S(N)(=O)=O)ccc1C. The molecule has 0 saturated heterocycles. The summed E-state index contributed by atoms with van der Waals surface area (Å²) in [4.78, 5) is 18.8. The van der Waals surface area contributed by atoms with Crippen LogP contribution < -0.4 is 5.14 Å². The minimum atomic E-state index is -3.87. The Bertz CT molecular complexity index is 851. The molecule has 25 heavy (non-hydrogen) atoms. The maximum atomic E-state index is 13.1. The molecule has 2 N–H and O–H groups in total. The number of carbonyl (C=O) groups is 1. The van der Waals surface area contributed by atoms with Gasteiger partial charge in [0, 0.05) is 30.5 Å². The number of primary sulfonamides is 1. The van der Waals surface area contributed by atoms with Gasteiger partial charge in [-0.25, -0.2) is 13.6 Å². The van der Waals surface area contributed by atoms with Crippen molar-refractivity contribution in [3.8, 4) is 0 Å². The minimum Gasteiger partial charge on any atom is -0.332 e. The second kappa shape index (κ2) is 7.76. The topological polar surface area (TPSA) is 93.4 Å². The standard InChI is InChI=1S/C18H23N3O3S/c1-4-14(3)21(12-15-7-9-20-10-8-15)18(22)17-11-16(25(19,23)24)6-5-13(17)2/h5-11,14H,4,12H2,1-3H3,(H2,19,23,24)/t14-/m0/s1. The third-order valence-corrected chi connectivity index (χ3v) is 5.16. The Hall–Kier alpha value is -2.25. The summed E-state index contributed by atoms with van der Waals surface area (Å²) in [5.41, 5.74) is 2.02. The number of benzene rings is 1. The van der Waals surface area contributed by atoms with Gasteiger partial charge in [0.1, 0.15) is 0 Å². The summed E-state index contributed by atoms with van der Waals surface area (Å²) in [5.74, 6) is -0.214. The predicted molar refractivity (Wildman–Crippen MR) is 96.4 cm³/mol. The van der Waals surface area contributed by atoms with Crippen LogP contribution in [-0.2, 0) is 16.6 Å². The molecule has 0 fully saturated rings. The van der Waals surface area contributed by atoms with Crippen molar-refractivity contribution in [3.05, 3.63) is 59.4 Å². The third kappa shape index (κ3) is 4.64. The molecular weight excluding hydrogens is 338 g/mol. The summed E-state index contributed by atoms with van der Waals surface area (Å²) >= 11 is 0. The van der Waals surface area contributed by atoms with Gasteiger partial charge in [-0.15, -0.1) is 0 Å². The zero-order chi connectivity index (χ0) is 18.6. The minimum absolute atomic E-state index is 0.00166. The molecule has 1 heterocycles. The molecule has 1 aromatic carbocycles. The van der Waals surface area contributed by atoms with Crippen LogP contribution in [0.2, 0.25) is 0 Å². The van der Waals surface area contributed by atoms with Crippen LogP contribution in [0, 0.1) is 6.92 Å². The van der Waals surface area contributed by atoms with Gasteiger partial charge in [0.05, 0.1) is 4.90 Å². The average Bonchev–Trinajstić information content (AvgIpc) is 2.58. The summed E-state index contributed by atoms with van der Waals surface area (Å²) in [5, 5.41) is 5.20. The van der Waals surface area contributed by atoms with Gasteiger partial charge in [-0.05, 0) is 55.7 Å². The third-order valence-electron chi connectivity index (χ3n) is 4.25. The van der Waals surface area contributed by atoms with Crippen molar-refractivity contribution in [1.82, 2.24) is 9.88 Å². The Balaban J connectivity index is 2.43. The Kier molecular flexibility index (Phi) is 5.92. The van der Waals surface area contributed by atoms with E-state index < -0.39 is 10.0 Å². The Labute approximate surface area is 148 Å². The van der Waals surface area contributed by atoms with Crippen molar-refractivity contribution in [2.24, 2.45) is 5.14 Å². The largest absolute Gasteiger partial charge is 0.332 e. The highest BCUT2D eigenvalue weighted by Crippen LogP contribution is 2.20. The first kappa shape index (κ1) is 19.1. The van der Waals surface area contributed by atoms with Gasteiger partial charge in [-0.3, -0.25) is 9.78 Å². The fraction of sp³-hybridized carbons (Fsp3) is 0.333. The number of hydrogen-bond donors (Lipinski definition) is 1. The number of aromatic nitrogens is 1. The molecule has 0 aliphatic carbocycles. The summed E-state index contributed by atoms with van der Waals surface area (Å²) < 4.78 is 23.2. The first-order valence-electron chi connectivity index (χ1n) is 8.07. The Morgan fingerprint density at radius 1 is 1.24 bits per heavy atom. The number of nitrogens with two attached hydrogens (primary N) is 1. The van der Waals surface area contributed by atoms with Crippen molar-refractivity contribution in [3.63, 3.8) is 0 Å². The summed E-state index contributed by atoms with van der Waals surface area (Å²) in [6, 6.07) is 8.09.